The van der Waals surface area contributed by atoms with E-state index < -0.39 is 21.1 Å². The molecule has 0 spiro atoms. The van der Waals surface area contributed by atoms with Crippen LogP contribution in [0.4, 0.5) is 10.7 Å². The van der Waals surface area contributed by atoms with Crippen LogP contribution in [0.5, 0.6) is 0 Å². The van der Waals surface area contributed by atoms with E-state index in [4.69, 9.17) is 0 Å². The largest absolute Gasteiger partial charge is 0.393 e. The Morgan fingerprint density at radius 2 is 2.20 bits per heavy atom. The zero-order valence-electron chi connectivity index (χ0n) is 11.4. The lowest BCUT2D eigenvalue weighted by Gasteiger charge is -2.16. The van der Waals surface area contributed by atoms with Crippen LogP contribution >= 0.6 is 11.3 Å². The van der Waals surface area contributed by atoms with Crippen LogP contribution in [0.15, 0.2) is 10.3 Å². The number of aliphatic hydroxyl groups excluding tert-OH is 1. The predicted octanol–water partition coefficient (Wildman–Crippen LogP) is 1.09. The van der Waals surface area contributed by atoms with Crippen LogP contribution in [-0.2, 0) is 10.0 Å². The Hall–Kier alpha value is -1.23. The Morgan fingerprint density at radius 1 is 1.60 bits per heavy atom. The van der Waals surface area contributed by atoms with Crippen LogP contribution in [0.25, 0.3) is 0 Å². The molecule has 0 fully saturated rings. The van der Waals surface area contributed by atoms with Gasteiger partial charge in [-0.25, -0.2) is 12.7 Å². The quantitative estimate of drug-likeness (QED) is 0.573. The first-order valence-electron chi connectivity index (χ1n) is 5.80. The molecule has 0 saturated carbocycles. The number of nitrogens with one attached hydrogen (secondary N) is 1. The first-order valence-corrected chi connectivity index (χ1v) is 8.06. The normalized spacial score (nSPS) is 13.4. The Morgan fingerprint density at radius 3 is 2.60 bits per heavy atom. The number of nitro groups is 1. The lowest BCUT2D eigenvalue weighted by atomic mass is 10.3. The van der Waals surface area contributed by atoms with E-state index in [1.54, 1.807) is 6.92 Å². The number of nitrogens with zero attached hydrogens (tertiary/aromatic N) is 2. The minimum atomic E-state index is -3.78. The van der Waals surface area contributed by atoms with Gasteiger partial charge >= 0.3 is 5.69 Å². The van der Waals surface area contributed by atoms with E-state index in [-0.39, 0.29) is 21.4 Å². The topological polar surface area (TPSA) is 113 Å². The highest BCUT2D eigenvalue weighted by Gasteiger charge is 2.28. The molecule has 0 aliphatic rings. The fraction of sp³-hybridized carbons (Fsp3) is 0.600. The number of aliphatic hydroxyl groups is 1. The van der Waals surface area contributed by atoms with E-state index in [9.17, 15) is 23.6 Å². The highest BCUT2D eigenvalue weighted by Crippen LogP contribution is 2.37. The molecule has 1 heterocycles. The maximum Gasteiger partial charge on any atom is 0.304 e. The van der Waals surface area contributed by atoms with E-state index in [0.717, 1.165) is 21.7 Å². The maximum absolute atomic E-state index is 12.3. The highest BCUT2D eigenvalue weighted by atomic mass is 32.2. The Bertz CT molecular complexity index is 582. The maximum atomic E-state index is 12.3. The van der Waals surface area contributed by atoms with Gasteiger partial charge < -0.3 is 10.4 Å². The average molecular weight is 323 g/mol. The summed E-state index contributed by atoms with van der Waals surface area (Å²) in [6, 6.07) is 1.05. The van der Waals surface area contributed by atoms with Crippen LogP contribution in [0.1, 0.15) is 13.3 Å². The van der Waals surface area contributed by atoms with Crippen molar-refractivity contribution in [1.82, 2.24) is 4.31 Å². The summed E-state index contributed by atoms with van der Waals surface area (Å²) >= 11 is 0.812. The molecule has 1 unspecified atom stereocenters. The fourth-order valence-electron chi connectivity index (χ4n) is 1.44. The minimum Gasteiger partial charge on any atom is -0.393 e. The molecule has 1 aromatic heterocycles. The van der Waals surface area contributed by atoms with Crippen molar-refractivity contribution >= 4 is 32.0 Å². The van der Waals surface area contributed by atoms with E-state index in [2.05, 4.69) is 5.32 Å². The standard InChI is InChI=1S/C10H17N3O5S2/c1-7(14)4-5-12(3)20(17,18)9-6-8(13(15)16)10(11-2)19-9/h6-7,11,14H,4-5H2,1-3H3. The van der Waals surface area contributed by atoms with Crippen LogP contribution < -0.4 is 5.32 Å². The van der Waals surface area contributed by atoms with E-state index >= 15 is 0 Å². The summed E-state index contributed by atoms with van der Waals surface area (Å²) in [5.41, 5.74) is -0.264. The summed E-state index contributed by atoms with van der Waals surface area (Å²) in [6.45, 7) is 1.70. The van der Waals surface area contributed by atoms with Gasteiger partial charge in [0.1, 0.15) is 4.21 Å². The fourth-order valence-corrected chi connectivity index (χ4v) is 4.12. The van der Waals surface area contributed by atoms with Gasteiger partial charge in [0.05, 0.1) is 11.0 Å². The third-order valence-electron chi connectivity index (χ3n) is 2.64. The summed E-state index contributed by atoms with van der Waals surface area (Å²) in [6.07, 6.45) is -0.319. The number of rotatable bonds is 7. The number of thiophene rings is 1. The van der Waals surface area contributed by atoms with Gasteiger partial charge in [-0.3, -0.25) is 10.1 Å². The number of anilines is 1. The second-order valence-corrected chi connectivity index (χ2v) is 7.58. The van der Waals surface area contributed by atoms with Gasteiger partial charge in [0, 0.05) is 26.7 Å². The molecule has 0 radical (unpaired) electrons. The van der Waals surface area contributed by atoms with Crippen molar-refractivity contribution in [1.29, 1.82) is 0 Å². The van der Waals surface area contributed by atoms with Crippen molar-refractivity contribution in [2.45, 2.75) is 23.7 Å². The summed E-state index contributed by atoms with van der Waals surface area (Å²) in [5.74, 6) is 0. The summed E-state index contributed by atoms with van der Waals surface area (Å²) in [4.78, 5) is 10.2. The summed E-state index contributed by atoms with van der Waals surface area (Å²) < 4.78 is 25.5. The molecule has 1 rings (SSSR count). The van der Waals surface area contributed by atoms with Gasteiger partial charge in [-0.1, -0.05) is 11.3 Å². The monoisotopic (exact) mass is 323 g/mol. The third-order valence-corrected chi connectivity index (χ3v) is 6.09. The van der Waals surface area contributed by atoms with Crippen LogP contribution in [-0.4, -0.2) is 49.5 Å². The van der Waals surface area contributed by atoms with Gasteiger partial charge in [-0.05, 0) is 13.3 Å². The van der Waals surface area contributed by atoms with Crippen molar-refractivity contribution in [3.05, 3.63) is 16.2 Å². The van der Waals surface area contributed by atoms with Gasteiger partial charge in [0.15, 0.2) is 5.00 Å². The molecule has 10 heteroatoms. The molecule has 20 heavy (non-hydrogen) atoms. The molecule has 0 amide bonds. The summed E-state index contributed by atoms with van der Waals surface area (Å²) in [7, 11) is -0.914. The molecule has 114 valence electrons. The molecule has 0 aliphatic carbocycles. The zero-order chi connectivity index (χ0) is 15.5. The second-order valence-electron chi connectivity index (χ2n) is 4.25. The lowest BCUT2D eigenvalue weighted by Crippen LogP contribution is -2.29. The van der Waals surface area contributed by atoms with Crippen molar-refractivity contribution in [2.75, 3.05) is 26.0 Å². The molecule has 1 aromatic rings. The number of hydrogen-bond donors (Lipinski definition) is 2. The molecular formula is C10H17N3O5S2. The van der Waals surface area contributed by atoms with Crippen molar-refractivity contribution < 1.29 is 18.4 Å². The molecular weight excluding hydrogens is 306 g/mol. The van der Waals surface area contributed by atoms with Crippen LogP contribution in [0.3, 0.4) is 0 Å². The molecule has 1 atom stereocenters. The smallest absolute Gasteiger partial charge is 0.304 e. The van der Waals surface area contributed by atoms with Gasteiger partial charge in [0.25, 0.3) is 10.0 Å². The molecule has 0 aliphatic heterocycles. The van der Waals surface area contributed by atoms with Gasteiger partial charge in [0.2, 0.25) is 0 Å². The number of hydrogen-bond acceptors (Lipinski definition) is 7. The Balaban J connectivity index is 3.06. The lowest BCUT2D eigenvalue weighted by molar-refractivity contribution is -0.383. The van der Waals surface area contributed by atoms with E-state index in [0.29, 0.717) is 6.42 Å². The molecule has 2 N–H and O–H groups in total. The Labute approximate surface area is 121 Å². The first-order chi connectivity index (χ1) is 9.20. The SMILES string of the molecule is CNc1sc(S(=O)(=O)N(C)CCC(C)O)cc1[N+](=O)[O-]. The van der Waals surface area contributed by atoms with E-state index in [1.165, 1.54) is 14.1 Å². The van der Waals surface area contributed by atoms with Crippen LogP contribution in [0, 0.1) is 10.1 Å². The van der Waals surface area contributed by atoms with Crippen molar-refractivity contribution in [2.24, 2.45) is 0 Å². The van der Waals surface area contributed by atoms with Crippen molar-refractivity contribution in [3.8, 4) is 0 Å². The van der Waals surface area contributed by atoms with Crippen LogP contribution in [0.2, 0.25) is 0 Å². The average Bonchev–Trinajstić information content (AvgIpc) is 2.80. The predicted molar refractivity (Wildman–Crippen MR) is 76.6 cm³/mol. The van der Waals surface area contributed by atoms with Gasteiger partial charge in [-0.15, -0.1) is 0 Å². The summed E-state index contributed by atoms with van der Waals surface area (Å²) in [5, 5.41) is 22.8. The van der Waals surface area contributed by atoms with Gasteiger partial charge in [-0.2, -0.15) is 0 Å². The minimum absolute atomic E-state index is 0.0957. The highest BCUT2D eigenvalue weighted by molar-refractivity contribution is 7.91. The third kappa shape index (κ3) is 3.66. The second kappa shape index (κ2) is 6.48. The van der Waals surface area contributed by atoms with E-state index in [1.807, 2.05) is 0 Å². The molecule has 0 saturated heterocycles. The molecule has 0 aromatic carbocycles. The Kier molecular flexibility index (Phi) is 5.45. The molecule has 8 nitrogen and oxygen atoms in total. The van der Waals surface area contributed by atoms with Crippen molar-refractivity contribution in [3.63, 3.8) is 0 Å². The molecule has 0 bridgehead atoms. The number of sulfonamides is 1. The zero-order valence-corrected chi connectivity index (χ0v) is 13.0. The first kappa shape index (κ1) is 16.8.